The summed E-state index contributed by atoms with van der Waals surface area (Å²) in [6.45, 7) is 0.836. The fourth-order valence-electron chi connectivity index (χ4n) is 4.94. The molecular formula is C20H29NO. The lowest BCUT2D eigenvalue weighted by Gasteiger charge is -2.48. The average molecular weight is 299 g/mol. The summed E-state index contributed by atoms with van der Waals surface area (Å²) in [7, 11) is 0. The molecule has 0 unspecified atom stereocenters. The number of carbonyl (C=O) groups excluding carboxylic acids is 1. The highest BCUT2D eigenvalue weighted by molar-refractivity contribution is 5.53. The third-order valence-electron chi connectivity index (χ3n) is 6.43. The van der Waals surface area contributed by atoms with Crippen LogP contribution >= 0.6 is 0 Å². The van der Waals surface area contributed by atoms with Gasteiger partial charge in [0.2, 0.25) is 0 Å². The third-order valence-corrected chi connectivity index (χ3v) is 6.43. The van der Waals surface area contributed by atoms with Crippen molar-refractivity contribution >= 4 is 6.29 Å². The van der Waals surface area contributed by atoms with Gasteiger partial charge < -0.3 is 10.5 Å². The summed E-state index contributed by atoms with van der Waals surface area (Å²) in [4.78, 5) is 11.1. The topological polar surface area (TPSA) is 43.1 Å². The van der Waals surface area contributed by atoms with Crippen LogP contribution in [-0.4, -0.2) is 12.8 Å². The summed E-state index contributed by atoms with van der Waals surface area (Å²) in [5.41, 5.74) is 7.77. The Morgan fingerprint density at radius 1 is 1.00 bits per heavy atom. The van der Waals surface area contributed by atoms with Crippen LogP contribution in [0.1, 0.15) is 56.9 Å². The van der Waals surface area contributed by atoms with Crippen molar-refractivity contribution in [1.82, 2.24) is 0 Å². The second-order valence-electron chi connectivity index (χ2n) is 7.45. The molecule has 120 valence electrons. The summed E-state index contributed by atoms with van der Waals surface area (Å²) >= 11 is 0. The first-order valence-corrected chi connectivity index (χ1v) is 8.99. The minimum atomic E-state index is 0.310. The SMILES string of the molecule is NCC1CCC(c2ccccc2)(C2CCC(C=O)CC2)CC1. The van der Waals surface area contributed by atoms with Gasteiger partial charge in [0, 0.05) is 5.92 Å². The molecule has 0 atom stereocenters. The molecule has 22 heavy (non-hydrogen) atoms. The third kappa shape index (κ3) is 2.99. The second-order valence-corrected chi connectivity index (χ2v) is 7.45. The molecule has 0 saturated heterocycles. The molecule has 0 radical (unpaired) electrons. The summed E-state index contributed by atoms with van der Waals surface area (Å²) in [6.07, 6.45) is 10.8. The smallest absolute Gasteiger partial charge is 0.123 e. The van der Waals surface area contributed by atoms with E-state index in [2.05, 4.69) is 30.3 Å². The zero-order valence-electron chi connectivity index (χ0n) is 13.5. The van der Waals surface area contributed by atoms with Crippen LogP contribution in [-0.2, 0) is 10.2 Å². The van der Waals surface area contributed by atoms with Gasteiger partial charge in [-0.25, -0.2) is 0 Å². The summed E-state index contributed by atoms with van der Waals surface area (Å²) in [6, 6.07) is 11.1. The van der Waals surface area contributed by atoms with Crippen molar-refractivity contribution in [2.45, 2.75) is 56.8 Å². The normalized spacial score (nSPS) is 36.0. The predicted octanol–water partition coefficient (Wildman–Crippen LogP) is 4.08. The maximum atomic E-state index is 11.1. The highest BCUT2D eigenvalue weighted by Crippen LogP contribution is 2.51. The van der Waals surface area contributed by atoms with Crippen molar-refractivity contribution < 1.29 is 4.79 Å². The average Bonchev–Trinajstić information content (AvgIpc) is 2.62. The predicted molar refractivity (Wildman–Crippen MR) is 90.6 cm³/mol. The minimum absolute atomic E-state index is 0.310. The molecule has 2 aliphatic carbocycles. The molecule has 3 rings (SSSR count). The first-order chi connectivity index (χ1) is 10.8. The van der Waals surface area contributed by atoms with Crippen molar-refractivity contribution in [3.05, 3.63) is 35.9 Å². The van der Waals surface area contributed by atoms with Crippen molar-refractivity contribution in [1.29, 1.82) is 0 Å². The van der Waals surface area contributed by atoms with Gasteiger partial charge in [0.25, 0.3) is 0 Å². The molecule has 0 aromatic heterocycles. The van der Waals surface area contributed by atoms with Gasteiger partial charge in [0.05, 0.1) is 0 Å². The van der Waals surface area contributed by atoms with Gasteiger partial charge >= 0.3 is 0 Å². The molecular weight excluding hydrogens is 270 g/mol. The Morgan fingerprint density at radius 2 is 1.64 bits per heavy atom. The van der Waals surface area contributed by atoms with Crippen molar-refractivity contribution in [3.63, 3.8) is 0 Å². The van der Waals surface area contributed by atoms with Gasteiger partial charge in [-0.05, 0) is 80.7 Å². The van der Waals surface area contributed by atoms with Crippen molar-refractivity contribution in [2.24, 2.45) is 23.5 Å². The number of nitrogens with two attached hydrogens (primary N) is 1. The van der Waals surface area contributed by atoms with Gasteiger partial charge in [0.1, 0.15) is 6.29 Å². The van der Waals surface area contributed by atoms with E-state index in [1.807, 2.05) is 0 Å². The van der Waals surface area contributed by atoms with Gasteiger partial charge in [-0.3, -0.25) is 0 Å². The molecule has 0 aliphatic heterocycles. The zero-order valence-corrected chi connectivity index (χ0v) is 13.5. The van der Waals surface area contributed by atoms with Crippen LogP contribution in [0.15, 0.2) is 30.3 Å². The summed E-state index contributed by atoms with van der Waals surface area (Å²) < 4.78 is 0. The number of rotatable bonds is 4. The highest BCUT2D eigenvalue weighted by Gasteiger charge is 2.43. The standard InChI is InChI=1S/C20H29NO/c21-14-16-10-12-20(13-11-16,18-4-2-1-3-5-18)19-8-6-17(15-22)7-9-19/h1-5,15-17,19H,6-14,21H2. The Kier molecular flexibility index (Phi) is 4.97. The zero-order chi connectivity index (χ0) is 15.4. The molecule has 2 heteroatoms. The molecule has 0 bridgehead atoms. The van der Waals surface area contributed by atoms with Crippen molar-refractivity contribution in [3.8, 4) is 0 Å². The van der Waals surface area contributed by atoms with Crippen LogP contribution in [0.4, 0.5) is 0 Å². The lowest BCUT2D eigenvalue weighted by atomic mass is 9.56. The number of hydrogen-bond acceptors (Lipinski definition) is 2. The van der Waals surface area contributed by atoms with E-state index in [1.165, 1.54) is 50.4 Å². The maximum Gasteiger partial charge on any atom is 0.123 e. The van der Waals surface area contributed by atoms with E-state index in [0.717, 1.165) is 25.3 Å². The largest absolute Gasteiger partial charge is 0.330 e. The van der Waals surface area contributed by atoms with E-state index in [4.69, 9.17) is 5.73 Å². The molecule has 1 aromatic carbocycles. The minimum Gasteiger partial charge on any atom is -0.330 e. The Hall–Kier alpha value is -1.15. The molecule has 0 spiro atoms. The Morgan fingerprint density at radius 3 is 2.18 bits per heavy atom. The van der Waals surface area contributed by atoms with E-state index in [-0.39, 0.29) is 0 Å². The van der Waals surface area contributed by atoms with Crippen LogP contribution in [0, 0.1) is 17.8 Å². The van der Waals surface area contributed by atoms with E-state index < -0.39 is 0 Å². The quantitative estimate of drug-likeness (QED) is 0.851. The van der Waals surface area contributed by atoms with Gasteiger partial charge in [-0.15, -0.1) is 0 Å². The van der Waals surface area contributed by atoms with Crippen LogP contribution in [0.3, 0.4) is 0 Å². The lowest BCUT2D eigenvalue weighted by molar-refractivity contribution is -0.112. The van der Waals surface area contributed by atoms with E-state index >= 15 is 0 Å². The van der Waals surface area contributed by atoms with E-state index in [9.17, 15) is 4.79 Å². The van der Waals surface area contributed by atoms with Gasteiger partial charge in [-0.2, -0.15) is 0 Å². The van der Waals surface area contributed by atoms with Crippen LogP contribution in [0.25, 0.3) is 0 Å². The monoisotopic (exact) mass is 299 g/mol. The fraction of sp³-hybridized carbons (Fsp3) is 0.650. The number of carbonyl (C=O) groups is 1. The van der Waals surface area contributed by atoms with E-state index in [0.29, 0.717) is 17.3 Å². The van der Waals surface area contributed by atoms with E-state index in [1.54, 1.807) is 0 Å². The second kappa shape index (κ2) is 6.95. The van der Waals surface area contributed by atoms with Gasteiger partial charge in [-0.1, -0.05) is 30.3 Å². The first kappa shape index (κ1) is 15.7. The molecule has 2 nitrogen and oxygen atoms in total. The molecule has 1 aromatic rings. The van der Waals surface area contributed by atoms with Crippen LogP contribution in [0.5, 0.6) is 0 Å². The first-order valence-electron chi connectivity index (χ1n) is 8.99. The molecule has 2 N–H and O–H groups in total. The summed E-state index contributed by atoms with van der Waals surface area (Å²) in [5, 5.41) is 0. The molecule has 0 amide bonds. The Bertz CT molecular complexity index is 468. The maximum absolute atomic E-state index is 11.1. The number of aldehydes is 1. The molecule has 2 aliphatic rings. The summed E-state index contributed by atoms with van der Waals surface area (Å²) in [5.74, 6) is 1.76. The van der Waals surface area contributed by atoms with Gasteiger partial charge in [0.15, 0.2) is 0 Å². The van der Waals surface area contributed by atoms with Crippen LogP contribution in [0.2, 0.25) is 0 Å². The number of hydrogen-bond donors (Lipinski definition) is 1. The van der Waals surface area contributed by atoms with Crippen molar-refractivity contribution in [2.75, 3.05) is 6.54 Å². The van der Waals surface area contributed by atoms with Crippen LogP contribution < -0.4 is 5.73 Å². The Labute approximate surface area is 134 Å². The molecule has 2 saturated carbocycles. The highest BCUT2D eigenvalue weighted by atomic mass is 16.1. The number of benzene rings is 1. The fourth-order valence-corrected chi connectivity index (χ4v) is 4.94. The lowest BCUT2D eigenvalue weighted by Crippen LogP contribution is -2.42. The molecule has 0 heterocycles. The molecule has 2 fully saturated rings. The Balaban J connectivity index is 1.83.